The molecule has 2 aliphatic heterocycles. The molecule has 74 heavy (non-hydrogen) atoms. The summed E-state index contributed by atoms with van der Waals surface area (Å²) in [4.78, 5) is 44.3. The molecular formula is C51H61ClF3N9O8S2. The van der Waals surface area contributed by atoms with Gasteiger partial charge in [0.1, 0.15) is 33.3 Å². The number of pyridine rings is 2. The first kappa shape index (κ1) is 54.3. The van der Waals surface area contributed by atoms with Crippen LogP contribution >= 0.6 is 11.6 Å². The average molecular weight is 1080 g/mol. The third-order valence-electron chi connectivity index (χ3n) is 13.2. The number of sulfonamides is 1. The average Bonchev–Trinajstić information content (AvgIpc) is 3.81. The first-order valence-corrected chi connectivity index (χ1v) is 27.7. The van der Waals surface area contributed by atoms with E-state index in [0.717, 1.165) is 37.9 Å². The molecule has 1 aliphatic carbocycles. The number of allylic oxidation sites excluding steroid dienone is 1. The standard InChI is InChI=1S/C51H61ClF3N9O8S2/c1-49(2,3)72-48(66)64-27-21-61(22-28-64)20-6-18-56-42-13-11-39(30-43(42)73(67,68)51(53,54)55)74(69,70)60-46(65)40-12-14-44(59-47(40)71-38-29-35-16-19-57-45(35)58-32-38)63-25-23-62(24-26-63)33-36-15-17-50(4,5)31-41(36)34-7-9-37(52)10-8-34/h7-14,16,19,29-30,32,56H,6,15,17-18,20-28,31,33H2,1-5H3,(H,57,58)(H,60,65). The predicted molar refractivity (Wildman–Crippen MR) is 277 cm³/mol. The van der Waals surface area contributed by atoms with Crippen LogP contribution in [0.4, 0.5) is 29.5 Å². The Morgan fingerprint density at radius 2 is 1.58 bits per heavy atom. The van der Waals surface area contributed by atoms with Gasteiger partial charge in [0.15, 0.2) is 0 Å². The summed E-state index contributed by atoms with van der Waals surface area (Å²) in [5.41, 5.74) is -2.60. The van der Waals surface area contributed by atoms with Gasteiger partial charge in [-0.15, -0.1) is 0 Å². The maximum Gasteiger partial charge on any atom is 0.501 e. The summed E-state index contributed by atoms with van der Waals surface area (Å²) in [6, 6.07) is 16.5. The van der Waals surface area contributed by atoms with Crippen molar-refractivity contribution in [2.75, 3.05) is 82.2 Å². The molecular weight excluding hydrogens is 1020 g/mol. The van der Waals surface area contributed by atoms with Crippen LogP contribution in [0.3, 0.4) is 0 Å². The molecule has 17 nitrogen and oxygen atoms in total. The lowest BCUT2D eigenvalue weighted by molar-refractivity contribution is -0.0436. The Morgan fingerprint density at radius 1 is 0.878 bits per heavy atom. The number of H-pyrrole nitrogens is 1. The lowest BCUT2D eigenvalue weighted by Gasteiger charge is -2.39. The third kappa shape index (κ3) is 13.1. The molecule has 2 saturated heterocycles. The lowest BCUT2D eigenvalue weighted by Crippen LogP contribution is -2.50. The van der Waals surface area contributed by atoms with Gasteiger partial charge in [0.2, 0.25) is 5.88 Å². The fourth-order valence-corrected chi connectivity index (χ4v) is 11.4. The first-order valence-electron chi connectivity index (χ1n) is 24.4. The number of benzene rings is 2. The number of alkyl halides is 3. The van der Waals surface area contributed by atoms with Crippen LogP contribution in [0.2, 0.25) is 5.02 Å². The topological polar surface area (TPSA) is 199 Å². The van der Waals surface area contributed by atoms with Gasteiger partial charge in [-0.1, -0.05) is 43.2 Å². The number of piperazine rings is 2. The van der Waals surface area contributed by atoms with Crippen LogP contribution in [-0.2, 0) is 24.6 Å². The molecule has 5 heterocycles. The van der Waals surface area contributed by atoms with E-state index in [9.17, 15) is 39.6 Å². The minimum atomic E-state index is -6.11. The van der Waals surface area contributed by atoms with Gasteiger partial charge >= 0.3 is 11.6 Å². The normalized spacial score (nSPS) is 17.4. The van der Waals surface area contributed by atoms with Crippen molar-refractivity contribution >= 4 is 71.6 Å². The lowest BCUT2D eigenvalue weighted by atomic mass is 9.72. The summed E-state index contributed by atoms with van der Waals surface area (Å²) >= 11 is 6.24. The van der Waals surface area contributed by atoms with E-state index in [-0.39, 0.29) is 29.2 Å². The number of aromatic amines is 1. The van der Waals surface area contributed by atoms with Crippen molar-refractivity contribution < 1.29 is 49.1 Å². The molecule has 23 heteroatoms. The number of hydrogen-bond donors (Lipinski definition) is 3. The Kier molecular flexibility index (Phi) is 15.9. The predicted octanol–water partition coefficient (Wildman–Crippen LogP) is 8.96. The summed E-state index contributed by atoms with van der Waals surface area (Å²) in [6.45, 7) is 15.6. The number of aromatic nitrogens is 3. The minimum absolute atomic E-state index is 0.0202. The smallest absolute Gasteiger partial charge is 0.444 e. The zero-order valence-electron chi connectivity index (χ0n) is 41.9. The van der Waals surface area contributed by atoms with E-state index >= 15 is 0 Å². The molecule has 0 saturated carbocycles. The van der Waals surface area contributed by atoms with E-state index in [2.05, 4.69) is 46.2 Å². The molecule has 3 aliphatic rings. The van der Waals surface area contributed by atoms with Crippen molar-refractivity contribution in [3.63, 3.8) is 0 Å². The quantitative estimate of drug-likeness (QED) is 0.0840. The molecule has 0 bridgehead atoms. The summed E-state index contributed by atoms with van der Waals surface area (Å²) in [5, 5.41) is 4.08. The summed E-state index contributed by atoms with van der Waals surface area (Å²) in [7, 11) is -11.1. The second-order valence-electron chi connectivity index (χ2n) is 20.5. The number of carbonyl (C=O) groups excluding carboxylic acids is 2. The Morgan fingerprint density at radius 3 is 2.27 bits per heavy atom. The van der Waals surface area contributed by atoms with Crippen LogP contribution in [0.5, 0.6) is 11.6 Å². The molecule has 0 radical (unpaired) electrons. The largest absolute Gasteiger partial charge is 0.501 e. The van der Waals surface area contributed by atoms with Gasteiger partial charge < -0.3 is 29.6 Å². The van der Waals surface area contributed by atoms with E-state index in [4.69, 9.17) is 26.1 Å². The third-order valence-corrected chi connectivity index (χ3v) is 16.4. The zero-order valence-corrected chi connectivity index (χ0v) is 44.3. The van der Waals surface area contributed by atoms with Crippen molar-refractivity contribution in [3.05, 3.63) is 101 Å². The number of carbonyl (C=O) groups is 2. The Labute approximate surface area is 434 Å². The van der Waals surface area contributed by atoms with Crippen molar-refractivity contribution in [1.82, 2.24) is 34.4 Å². The highest BCUT2D eigenvalue weighted by molar-refractivity contribution is 7.92. The minimum Gasteiger partial charge on any atom is -0.444 e. The van der Waals surface area contributed by atoms with Gasteiger partial charge in [-0.2, -0.15) is 18.2 Å². The molecule has 3 N–H and O–H groups in total. The highest BCUT2D eigenvalue weighted by atomic mass is 35.5. The number of anilines is 2. The van der Waals surface area contributed by atoms with Crippen molar-refractivity contribution in [3.8, 4) is 11.6 Å². The number of rotatable bonds is 15. The second kappa shape index (κ2) is 21.7. The highest BCUT2D eigenvalue weighted by Crippen LogP contribution is 2.44. The van der Waals surface area contributed by atoms with E-state index in [1.54, 1.807) is 50.1 Å². The van der Waals surface area contributed by atoms with E-state index in [1.165, 1.54) is 29.0 Å². The molecule has 2 amide bonds. The van der Waals surface area contributed by atoms with Crippen LogP contribution < -0.4 is 19.7 Å². The van der Waals surface area contributed by atoms with Crippen LogP contribution in [-0.4, -0.2) is 142 Å². The van der Waals surface area contributed by atoms with Crippen LogP contribution in [0.1, 0.15) is 76.2 Å². The summed E-state index contributed by atoms with van der Waals surface area (Å²) < 4.78 is 110. The summed E-state index contributed by atoms with van der Waals surface area (Å²) in [5.74, 6) is -0.896. The first-order chi connectivity index (χ1) is 34.8. The molecule has 0 unspecified atom stereocenters. The van der Waals surface area contributed by atoms with Gasteiger partial charge in [0.25, 0.3) is 25.8 Å². The molecule has 398 valence electrons. The highest BCUT2D eigenvalue weighted by Gasteiger charge is 2.48. The molecule has 2 aromatic carbocycles. The SMILES string of the molecule is CC1(C)CCC(CN2CCN(c3ccc(C(=O)NS(=O)(=O)c4ccc(NCCCN5CCN(C(=O)OC(C)(C)C)CC5)c(S(=O)(=O)C(F)(F)F)c4)c(Oc4cnc5[nH]ccc5c4)n3)CC2)=C(c2ccc(Cl)cc2)C1. The van der Waals surface area contributed by atoms with Gasteiger partial charge in [0, 0.05) is 82.1 Å². The van der Waals surface area contributed by atoms with Crippen LogP contribution in [0.15, 0.2) is 94.5 Å². The molecule has 5 aromatic rings. The number of halogens is 4. The number of sulfone groups is 1. The maximum atomic E-state index is 14.1. The van der Waals surface area contributed by atoms with Crippen molar-refractivity contribution in [1.29, 1.82) is 0 Å². The van der Waals surface area contributed by atoms with Crippen LogP contribution in [0, 0.1) is 5.41 Å². The van der Waals surface area contributed by atoms with E-state index in [1.807, 2.05) is 26.7 Å². The maximum absolute atomic E-state index is 14.1. The summed E-state index contributed by atoms with van der Waals surface area (Å²) in [6.07, 6.45) is 6.03. The van der Waals surface area contributed by atoms with Gasteiger partial charge in [-0.25, -0.2) is 31.3 Å². The Bertz CT molecular complexity index is 3130. The number of amides is 2. The molecule has 3 aromatic heterocycles. The Hall–Kier alpha value is -5.94. The fraction of sp³-hybridized carbons (Fsp3) is 0.451. The van der Waals surface area contributed by atoms with Gasteiger partial charge in [-0.05, 0) is 124 Å². The van der Waals surface area contributed by atoms with Crippen molar-refractivity contribution in [2.45, 2.75) is 81.2 Å². The number of nitrogens with one attached hydrogen (secondary N) is 3. The number of fused-ring (bicyclic) bond motifs is 1. The molecule has 0 atom stereocenters. The van der Waals surface area contributed by atoms with E-state index < -0.39 is 58.4 Å². The van der Waals surface area contributed by atoms with Crippen LogP contribution in [0.25, 0.3) is 16.6 Å². The monoisotopic (exact) mass is 1080 g/mol. The fourth-order valence-electron chi connectivity index (χ4n) is 9.22. The van der Waals surface area contributed by atoms with Gasteiger partial charge in [0.05, 0.1) is 16.8 Å². The molecule has 0 spiro atoms. The number of ether oxygens (including phenoxy) is 2. The Balaban J connectivity index is 0.973. The van der Waals surface area contributed by atoms with Gasteiger partial charge in [-0.3, -0.25) is 14.6 Å². The number of nitrogens with zero attached hydrogens (tertiary/aromatic N) is 6. The molecule has 2 fully saturated rings. The van der Waals surface area contributed by atoms with E-state index in [0.29, 0.717) is 93.3 Å². The molecule has 8 rings (SSSR count). The zero-order chi connectivity index (χ0) is 53.2. The number of hydrogen-bond acceptors (Lipinski definition) is 14. The van der Waals surface area contributed by atoms with Crippen molar-refractivity contribution in [2.24, 2.45) is 5.41 Å². The second-order valence-corrected chi connectivity index (χ2v) is 24.6.